The number of hydrogen-bond acceptors (Lipinski definition) is 6. The van der Waals surface area contributed by atoms with Crippen LogP contribution in [0.4, 0.5) is 5.69 Å². The van der Waals surface area contributed by atoms with Gasteiger partial charge in [0.15, 0.2) is 5.69 Å². The Labute approximate surface area is 113 Å². The van der Waals surface area contributed by atoms with E-state index in [1.807, 2.05) is 6.92 Å². The van der Waals surface area contributed by atoms with Crippen LogP contribution >= 0.6 is 11.3 Å². The zero-order valence-corrected chi connectivity index (χ0v) is 11.1. The van der Waals surface area contributed by atoms with Gasteiger partial charge in [-0.15, -0.1) is 11.3 Å². The van der Waals surface area contributed by atoms with Crippen molar-refractivity contribution in [1.82, 2.24) is 9.97 Å². The highest BCUT2D eigenvalue weighted by Gasteiger charge is 2.10. The Kier molecular flexibility index (Phi) is 3.96. The number of pyridine rings is 1. The van der Waals surface area contributed by atoms with E-state index < -0.39 is 5.97 Å². The molecule has 0 fully saturated rings. The van der Waals surface area contributed by atoms with Crippen molar-refractivity contribution < 1.29 is 14.6 Å². The molecule has 0 aromatic carbocycles. The van der Waals surface area contributed by atoms with Crippen LogP contribution in [0.3, 0.4) is 0 Å². The molecule has 0 amide bonds. The van der Waals surface area contributed by atoms with Crippen molar-refractivity contribution in [3.05, 3.63) is 33.9 Å². The lowest BCUT2D eigenvalue weighted by Crippen LogP contribution is -2.08. The molecule has 0 unspecified atom stereocenters. The Morgan fingerprint density at radius 1 is 1.53 bits per heavy atom. The summed E-state index contributed by atoms with van der Waals surface area (Å²) < 4.78 is 5.44. The molecule has 2 heterocycles. The number of thiazole rings is 1. The van der Waals surface area contributed by atoms with E-state index in [0.717, 1.165) is 10.6 Å². The van der Waals surface area contributed by atoms with Crippen LogP contribution in [0.15, 0.2) is 17.6 Å². The van der Waals surface area contributed by atoms with Gasteiger partial charge in [-0.3, -0.25) is 0 Å². The Morgan fingerprint density at radius 2 is 2.32 bits per heavy atom. The Balaban J connectivity index is 2.01. The molecule has 2 rings (SSSR count). The zero-order valence-electron chi connectivity index (χ0n) is 10.3. The van der Waals surface area contributed by atoms with Crippen molar-refractivity contribution in [2.75, 3.05) is 12.3 Å². The second kappa shape index (κ2) is 5.66. The number of hydrogen-bond donors (Lipinski definition) is 2. The first-order valence-electron chi connectivity index (χ1n) is 5.59. The van der Waals surface area contributed by atoms with E-state index in [4.69, 9.17) is 15.6 Å². The molecule has 0 bridgehead atoms. The topological polar surface area (TPSA) is 98.3 Å². The van der Waals surface area contributed by atoms with Crippen LogP contribution in [0.25, 0.3) is 0 Å². The molecule has 6 nitrogen and oxygen atoms in total. The van der Waals surface area contributed by atoms with Crippen molar-refractivity contribution in [2.24, 2.45) is 0 Å². The molecule has 0 saturated carbocycles. The maximum Gasteiger partial charge on any atom is 0.354 e. The number of carbonyl (C=O) groups is 1. The van der Waals surface area contributed by atoms with Crippen LogP contribution in [0, 0.1) is 6.92 Å². The molecule has 0 saturated heterocycles. The summed E-state index contributed by atoms with van der Waals surface area (Å²) >= 11 is 1.56. The molecule has 2 aromatic rings. The smallest absolute Gasteiger partial charge is 0.354 e. The average molecular weight is 279 g/mol. The maximum absolute atomic E-state index is 10.8. The van der Waals surface area contributed by atoms with Gasteiger partial charge in [-0.25, -0.2) is 14.8 Å². The quantitative estimate of drug-likeness (QED) is 0.865. The minimum absolute atomic E-state index is 0.0850. The Hall–Kier alpha value is -2.15. The third kappa shape index (κ3) is 3.19. The third-order valence-electron chi connectivity index (χ3n) is 2.52. The highest BCUT2D eigenvalue weighted by atomic mass is 32.1. The predicted molar refractivity (Wildman–Crippen MR) is 71.7 cm³/mol. The van der Waals surface area contributed by atoms with Gasteiger partial charge < -0.3 is 15.6 Å². The van der Waals surface area contributed by atoms with Crippen LogP contribution in [0.1, 0.15) is 21.1 Å². The summed E-state index contributed by atoms with van der Waals surface area (Å²) in [6.45, 7) is 2.31. The highest BCUT2D eigenvalue weighted by Crippen LogP contribution is 2.19. The molecule has 0 atom stereocenters. The van der Waals surface area contributed by atoms with Crippen molar-refractivity contribution in [1.29, 1.82) is 0 Å². The van der Waals surface area contributed by atoms with Gasteiger partial charge in [0, 0.05) is 11.3 Å². The zero-order chi connectivity index (χ0) is 13.8. The summed E-state index contributed by atoms with van der Waals surface area (Å²) in [4.78, 5) is 19.9. The fourth-order valence-corrected chi connectivity index (χ4v) is 2.25. The molecule has 0 aliphatic carbocycles. The van der Waals surface area contributed by atoms with Gasteiger partial charge in [0.05, 0.1) is 23.5 Å². The number of aromatic nitrogens is 2. The van der Waals surface area contributed by atoms with E-state index >= 15 is 0 Å². The van der Waals surface area contributed by atoms with Gasteiger partial charge in [0.1, 0.15) is 0 Å². The molecule has 0 aliphatic heterocycles. The lowest BCUT2D eigenvalue weighted by atomic mass is 10.3. The number of aryl methyl sites for hydroxylation is 1. The highest BCUT2D eigenvalue weighted by molar-refractivity contribution is 7.09. The van der Waals surface area contributed by atoms with E-state index in [0.29, 0.717) is 18.7 Å². The monoisotopic (exact) mass is 279 g/mol. The van der Waals surface area contributed by atoms with Crippen LogP contribution in [0.2, 0.25) is 0 Å². The second-order valence-corrected chi connectivity index (χ2v) is 4.79. The summed E-state index contributed by atoms with van der Waals surface area (Å²) in [5.41, 5.74) is 8.69. The number of carboxylic acids is 1. The number of ether oxygens (including phenoxy) is 1. The first-order chi connectivity index (χ1) is 9.08. The van der Waals surface area contributed by atoms with Crippen LogP contribution in [-0.2, 0) is 6.42 Å². The standard InChI is InChI=1S/C12H13N3O3S/c1-7-10(19-6-14-7)4-5-18-11-8(13)2-3-9(15-11)12(16)17/h2-3,6H,4-5,13H2,1H3,(H,16,17). The largest absolute Gasteiger partial charge is 0.477 e. The van der Waals surface area contributed by atoms with Crippen molar-refractivity contribution in [2.45, 2.75) is 13.3 Å². The summed E-state index contributed by atoms with van der Waals surface area (Å²) in [5, 5.41) is 8.85. The average Bonchev–Trinajstić information content (AvgIpc) is 2.77. The molecule has 19 heavy (non-hydrogen) atoms. The summed E-state index contributed by atoms with van der Waals surface area (Å²) in [5.74, 6) is -0.954. The van der Waals surface area contributed by atoms with Gasteiger partial charge in [-0.2, -0.15) is 0 Å². The van der Waals surface area contributed by atoms with E-state index in [-0.39, 0.29) is 11.6 Å². The second-order valence-electron chi connectivity index (χ2n) is 3.86. The molecule has 0 spiro atoms. The lowest BCUT2D eigenvalue weighted by molar-refractivity contribution is 0.0689. The Bertz CT molecular complexity index is 598. The molecule has 0 radical (unpaired) electrons. The van der Waals surface area contributed by atoms with Crippen LogP contribution < -0.4 is 10.5 Å². The van der Waals surface area contributed by atoms with Crippen LogP contribution in [-0.4, -0.2) is 27.7 Å². The number of rotatable bonds is 5. The number of nitrogens with two attached hydrogens (primary N) is 1. The predicted octanol–water partition coefficient (Wildman–Crippen LogP) is 1.75. The van der Waals surface area contributed by atoms with E-state index in [1.54, 1.807) is 16.8 Å². The van der Waals surface area contributed by atoms with E-state index in [9.17, 15) is 4.79 Å². The molecule has 2 aromatic heterocycles. The summed E-state index contributed by atoms with van der Waals surface area (Å²) in [7, 11) is 0. The number of anilines is 1. The molecule has 100 valence electrons. The minimum Gasteiger partial charge on any atom is -0.477 e. The first-order valence-corrected chi connectivity index (χ1v) is 6.47. The first kappa shape index (κ1) is 13.3. The van der Waals surface area contributed by atoms with Crippen molar-refractivity contribution >= 4 is 23.0 Å². The summed E-state index contributed by atoms with van der Waals surface area (Å²) in [6, 6.07) is 2.82. The van der Waals surface area contributed by atoms with Gasteiger partial charge in [0.25, 0.3) is 0 Å². The lowest BCUT2D eigenvalue weighted by Gasteiger charge is -2.08. The number of nitrogens with zero attached hydrogens (tertiary/aromatic N) is 2. The third-order valence-corrected chi connectivity index (χ3v) is 3.52. The fraction of sp³-hybridized carbons (Fsp3) is 0.250. The van der Waals surface area contributed by atoms with E-state index in [2.05, 4.69) is 9.97 Å². The van der Waals surface area contributed by atoms with Crippen molar-refractivity contribution in [3.63, 3.8) is 0 Å². The molecule has 3 N–H and O–H groups in total. The molecular weight excluding hydrogens is 266 g/mol. The van der Waals surface area contributed by atoms with Gasteiger partial charge >= 0.3 is 5.97 Å². The molecule has 7 heteroatoms. The van der Waals surface area contributed by atoms with Crippen LogP contribution in [0.5, 0.6) is 5.88 Å². The summed E-state index contributed by atoms with van der Waals surface area (Å²) in [6.07, 6.45) is 0.689. The normalized spacial score (nSPS) is 10.4. The molecule has 0 aliphatic rings. The number of carboxylic acid groups (broad SMARTS) is 1. The SMILES string of the molecule is Cc1ncsc1CCOc1nc(C(=O)O)ccc1N. The maximum atomic E-state index is 10.8. The van der Waals surface area contributed by atoms with Gasteiger partial charge in [-0.05, 0) is 19.1 Å². The van der Waals surface area contributed by atoms with Gasteiger partial charge in [-0.1, -0.05) is 0 Å². The van der Waals surface area contributed by atoms with E-state index in [1.165, 1.54) is 12.1 Å². The number of aromatic carboxylic acids is 1. The van der Waals surface area contributed by atoms with Gasteiger partial charge in [0.2, 0.25) is 5.88 Å². The Morgan fingerprint density at radius 3 is 2.95 bits per heavy atom. The number of nitrogen functional groups attached to an aromatic ring is 1. The van der Waals surface area contributed by atoms with Crippen molar-refractivity contribution in [3.8, 4) is 5.88 Å². The minimum atomic E-state index is -1.11. The fourth-order valence-electron chi connectivity index (χ4n) is 1.49. The molecular formula is C12H13N3O3S.